The van der Waals surface area contributed by atoms with Crippen LogP contribution < -0.4 is 0 Å². The highest BCUT2D eigenvalue weighted by Crippen LogP contribution is 2.43. The van der Waals surface area contributed by atoms with Crippen LogP contribution in [0.5, 0.6) is 0 Å². The highest BCUT2D eigenvalue weighted by atomic mass is 35.5. The highest BCUT2D eigenvalue weighted by Gasteiger charge is 2.41. The number of halogens is 3. The van der Waals surface area contributed by atoms with Gasteiger partial charge in [-0.15, -0.1) is 5.10 Å². The molecular formula is C17H14Cl2FN3. The smallest absolute Gasteiger partial charge is 0.183 e. The van der Waals surface area contributed by atoms with E-state index in [1.807, 2.05) is 0 Å². The Labute approximate surface area is 143 Å². The lowest BCUT2D eigenvalue weighted by Crippen LogP contribution is -2.32. The molecule has 118 valence electrons. The van der Waals surface area contributed by atoms with Gasteiger partial charge in [-0.05, 0) is 42.3 Å². The summed E-state index contributed by atoms with van der Waals surface area (Å²) in [5, 5.41) is 8.83. The first-order valence-electron chi connectivity index (χ1n) is 7.08. The van der Waals surface area contributed by atoms with E-state index in [0.29, 0.717) is 21.2 Å². The number of alkyl halides is 1. The molecular weight excluding hydrogens is 336 g/mol. The summed E-state index contributed by atoms with van der Waals surface area (Å²) in [6.07, 6.45) is 3.17. The third kappa shape index (κ3) is 2.96. The number of nitrogens with zero attached hydrogens (tertiary/aromatic N) is 3. The van der Waals surface area contributed by atoms with Gasteiger partial charge in [-0.2, -0.15) is 0 Å². The van der Waals surface area contributed by atoms with Crippen molar-refractivity contribution in [1.29, 1.82) is 0 Å². The standard InChI is InChI=1S/C17H14Cl2FN3/c1-12(23-11-10-21-22-23)17(20,13-2-6-15(18)7-3-13)14-4-8-16(19)9-5-14/h2-12H,1H3. The van der Waals surface area contributed by atoms with Gasteiger partial charge in [0.2, 0.25) is 0 Å². The van der Waals surface area contributed by atoms with Crippen LogP contribution in [0, 0.1) is 0 Å². The molecule has 1 heterocycles. The van der Waals surface area contributed by atoms with Crippen molar-refractivity contribution in [2.45, 2.75) is 18.6 Å². The predicted octanol–water partition coefficient (Wildman–Crippen LogP) is 5.06. The van der Waals surface area contributed by atoms with Crippen molar-refractivity contribution in [2.75, 3.05) is 0 Å². The van der Waals surface area contributed by atoms with Crippen LogP contribution in [0.1, 0.15) is 24.1 Å². The quantitative estimate of drug-likeness (QED) is 0.659. The minimum absolute atomic E-state index is 0.493. The molecule has 0 radical (unpaired) electrons. The molecule has 0 saturated heterocycles. The Bertz CT molecular complexity index is 725. The van der Waals surface area contributed by atoms with Gasteiger partial charge in [0.25, 0.3) is 0 Å². The fraction of sp³-hybridized carbons (Fsp3) is 0.176. The van der Waals surface area contributed by atoms with Crippen LogP contribution in [-0.4, -0.2) is 15.0 Å². The highest BCUT2D eigenvalue weighted by molar-refractivity contribution is 6.30. The Hall–Kier alpha value is -1.91. The molecule has 6 heteroatoms. The molecule has 0 fully saturated rings. The van der Waals surface area contributed by atoms with Crippen molar-refractivity contribution in [3.8, 4) is 0 Å². The number of hydrogen-bond donors (Lipinski definition) is 0. The van der Waals surface area contributed by atoms with E-state index in [2.05, 4.69) is 10.3 Å². The molecule has 0 bridgehead atoms. The Kier molecular flexibility index (Phi) is 4.37. The van der Waals surface area contributed by atoms with Crippen molar-refractivity contribution < 1.29 is 4.39 Å². The average Bonchev–Trinajstić information content (AvgIpc) is 3.09. The third-order valence-electron chi connectivity index (χ3n) is 3.94. The van der Waals surface area contributed by atoms with E-state index in [1.54, 1.807) is 61.7 Å². The minimum Gasteiger partial charge on any atom is -0.246 e. The molecule has 1 aromatic heterocycles. The maximum absolute atomic E-state index is 16.3. The zero-order chi connectivity index (χ0) is 16.4. The summed E-state index contributed by atoms with van der Waals surface area (Å²) >= 11 is 11.9. The molecule has 3 nitrogen and oxygen atoms in total. The Morgan fingerprint density at radius 2 is 1.43 bits per heavy atom. The molecule has 1 atom stereocenters. The average molecular weight is 350 g/mol. The molecule has 0 spiro atoms. The number of aromatic nitrogens is 3. The molecule has 0 saturated carbocycles. The van der Waals surface area contributed by atoms with Gasteiger partial charge in [-0.25, -0.2) is 9.07 Å². The first kappa shape index (κ1) is 16.0. The zero-order valence-corrected chi connectivity index (χ0v) is 13.8. The van der Waals surface area contributed by atoms with Gasteiger partial charge in [-0.1, -0.05) is 52.7 Å². The van der Waals surface area contributed by atoms with E-state index < -0.39 is 11.7 Å². The molecule has 3 rings (SSSR count). The van der Waals surface area contributed by atoms with Crippen molar-refractivity contribution in [1.82, 2.24) is 15.0 Å². The van der Waals surface area contributed by atoms with Crippen LogP contribution in [0.2, 0.25) is 10.0 Å². The van der Waals surface area contributed by atoms with Crippen LogP contribution in [0.4, 0.5) is 4.39 Å². The normalized spacial score (nSPS) is 13.0. The Balaban J connectivity index is 2.16. The van der Waals surface area contributed by atoms with E-state index in [1.165, 1.54) is 10.9 Å². The Morgan fingerprint density at radius 3 is 1.83 bits per heavy atom. The van der Waals surface area contributed by atoms with E-state index in [0.717, 1.165) is 0 Å². The monoisotopic (exact) mass is 349 g/mol. The number of benzene rings is 2. The van der Waals surface area contributed by atoms with Crippen LogP contribution in [0.3, 0.4) is 0 Å². The maximum atomic E-state index is 16.3. The summed E-state index contributed by atoms with van der Waals surface area (Å²) in [7, 11) is 0. The van der Waals surface area contributed by atoms with Crippen molar-refractivity contribution in [3.05, 3.63) is 82.1 Å². The van der Waals surface area contributed by atoms with E-state index >= 15 is 4.39 Å². The maximum Gasteiger partial charge on any atom is 0.183 e. The van der Waals surface area contributed by atoms with Crippen LogP contribution in [0.15, 0.2) is 60.9 Å². The molecule has 3 aromatic rings. The molecule has 0 aliphatic carbocycles. The Morgan fingerprint density at radius 1 is 0.957 bits per heavy atom. The zero-order valence-electron chi connectivity index (χ0n) is 12.3. The molecule has 23 heavy (non-hydrogen) atoms. The number of rotatable bonds is 4. The summed E-state index contributed by atoms with van der Waals surface area (Å²) in [5.41, 5.74) is -0.817. The van der Waals surface area contributed by atoms with Crippen LogP contribution >= 0.6 is 23.2 Å². The molecule has 0 N–H and O–H groups in total. The summed E-state index contributed by atoms with van der Waals surface area (Å²) < 4.78 is 17.8. The molecule has 2 aromatic carbocycles. The molecule has 1 unspecified atom stereocenters. The lowest BCUT2D eigenvalue weighted by molar-refractivity contribution is 0.132. The summed E-state index contributed by atoms with van der Waals surface area (Å²) in [5.74, 6) is 0. The predicted molar refractivity (Wildman–Crippen MR) is 89.5 cm³/mol. The van der Waals surface area contributed by atoms with E-state index in [-0.39, 0.29) is 0 Å². The van der Waals surface area contributed by atoms with Gasteiger partial charge in [-0.3, -0.25) is 0 Å². The third-order valence-corrected chi connectivity index (χ3v) is 4.45. The molecule has 0 aliphatic heterocycles. The molecule has 0 aliphatic rings. The fourth-order valence-electron chi connectivity index (χ4n) is 2.64. The first-order valence-corrected chi connectivity index (χ1v) is 7.84. The van der Waals surface area contributed by atoms with Crippen molar-refractivity contribution in [2.24, 2.45) is 0 Å². The summed E-state index contributed by atoms with van der Waals surface area (Å²) in [4.78, 5) is 0. The lowest BCUT2D eigenvalue weighted by atomic mass is 9.82. The first-order chi connectivity index (χ1) is 11.0. The van der Waals surface area contributed by atoms with E-state index in [4.69, 9.17) is 23.2 Å². The summed E-state index contributed by atoms with van der Waals surface area (Å²) in [6.45, 7) is 1.76. The summed E-state index contributed by atoms with van der Waals surface area (Å²) in [6, 6.07) is 12.8. The van der Waals surface area contributed by atoms with Gasteiger partial charge < -0.3 is 0 Å². The van der Waals surface area contributed by atoms with Crippen LogP contribution in [-0.2, 0) is 5.67 Å². The van der Waals surface area contributed by atoms with E-state index in [9.17, 15) is 0 Å². The van der Waals surface area contributed by atoms with Gasteiger partial charge in [0.1, 0.15) is 0 Å². The van der Waals surface area contributed by atoms with Crippen molar-refractivity contribution >= 4 is 23.2 Å². The second-order valence-electron chi connectivity index (χ2n) is 5.28. The topological polar surface area (TPSA) is 30.7 Å². The van der Waals surface area contributed by atoms with Gasteiger partial charge in [0.15, 0.2) is 5.67 Å². The van der Waals surface area contributed by atoms with Gasteiger partial charge in [0.05, 0.1) is 12.2 Å². The molecule has 0 amide bonds. The van der Waals surface area contributed by atoms with Crippen molar-refractivity contribution in [3.63, 3.8) is 0 Å². The fourth-order valence-corrected chi connectivity index (χ4v) is 2.89. The number of hydrogen-bond acceptors (Lipinski definition) is 2. The lowest BCUT2D eigenvalue weighted by Gasteiger charge is -2.32. The largest absolute Gasteiger partial charge is 0.246 e. The van der Waals surface area contributed by atoms with Gasteiger partial charge in [0, 0.05) is 16.2 Å². The minimum atomic E-state index is -1.80. The second kappa shape index (κ2) is 6.30. The second-order valence-corrected chi connectivity index (χ2v) is 6.16. The SMILES string of the molecule is CC(n1ccnn1)C(F)(c1ccc(Cl)cc1)c1ccc(Cl)cc1. The van der Waals surface area contributed by atoms with Crippen LogP contribution in [0.25, 0.3) is 0 Å². The van der Waals surface area contributed by atoms with Gasteiger partial charge >= 0.3 is 0 Å².